The Hall–Kier alpha value is -2.73. The Morgan fingerprint density at radius 3 is 2.56 bits per heavy atom. The van der Waals surface area contributed by atoms with E-state index in [1.807, 2.05) is 0 Å². The van der Waals surface area contributed by atoms with E-state index in [4.69, 9.17) is 21.1 Å². The van der Waals surface area contributed by atoms with Crippen LogP contribution in [-0.4, -0.2) is 32.1 Å². The van der Waals surface area contributed by atoms with Crippen molar-refractivity contribution in [2.24, 2.45) is 0 Å². The predicted molar refractivity (Wildman–Crippen MR) is 95.5 cm³/mol. The van der Waals surface area contributed by atoms with Crippen LogP contribution in [-0.2, 0) is 9.59 Å². The quantitative estimate of drug-likeness (QED) is 0.830. The van der Waals surface area contributed by atoms with Crippen molar-refractivity contribution in [1.82, 2.24) is 0 Å². The summed E-state index contributed by atoms with van der Waals surface area (Å²) >= 11 is 6.11. The van der Waals surface area contributed by atoms with Crippen molar-refractivity contribution in [1.29, 1.82) is 0 Å². The molecule has 130 valence electrons. The van der Waals surface area contributed by atoms with Gasteiger partial charge < -0.3 is 14.8 Å². The third-order valence-electron chi connectivity index (χ3n) is 3.98. The molecule has 2 amide bonds. The van der Waals surface area contributed by atoms with E-state index in [0.29, 0.717) is 27.9 Å². The zero-order valence-electron chi connectivity index (χ0n) is 13.8. The Kier molecular flexibility index (Phi) is 4.81. The molecule has 1 atom stereocenters. The standard InChI is InChI=1S/C18H17ClN2O4/c1-24-11-7-8-15(16(9-11)25-2)21-17(22)10-14(18(21)23)20-13-6-4-3-5-12(13)19/h3-9,14,20H,10H2,1-2H3. The second kappa shape index (κ2) is 7.03. The summed E-state index contributed by atoms with van der Waals surface area (Å²) in [5.41, 5.74) is 1.00. The molecule has 0 saturated carbocycles. The van der Waals surface area contributed by atoms with Gasteiger partial charge in [-0.05, 0) is 24.3 Å². The molecule has 1 fully saturated rings. The number of hydrogen-bond donors (Lipinski definition) is 1. The smallest absolute Gasteiger partial charge is 0.256 e. The number of ether oxygens (including phenoxy) is 2. The summed E-state index contributed by atoms with van der Waals surface area (Å²) < 4.78 is 10.4. The average Bonchev–Trinajstić information content (AvgIpc) is 2.90. The van der Waals surface area contributed by atoms with Crippen molar-refractivity contribution in [3.8, 4) is 11.5 Å². The number of halogens is 1. The molecule has 0 aromatic heterocycles. The van der Waals surface area contributed by atoms with Crippen LogP contribution in [0, 0.1) is 0 Å². The molecule has 7 heteroatoms. The molecular weight excluding hydrogens is 344 g/mol. The zero-order valence-corrected chi connectivity index (χ0v) is 14.5. The van der Waals surface area contributed by atoms with E-state index in [9.17, 15) is 9.59 Å². The molecule has 1 saturated heterocycles. The maximum Gasteiger partial charge on any atom is 0.256 e. The van der Waals surface area contributed by atoms with Gasteiger partial charge in [-0.15, -0.1) is 0 Å². The molecule has 1 aliphatic heterocycles. The molecule has 0 bridgehead atoms. The van der Waals surface area contributed by atoms with Crippen molar-refractivity contribution < 1.29 is 19.1 Å². The van der Waals surface area contributed by atoms with Crippen LogP contribution >= 0.6 is 11.6 Å². The average molecular weight is 361 g/mol. The lowest BCUT2D eigenvalue weighted by Gasteiger charge is -2.19. The molecule has 3 rings (SSSR count). The van der Waals surface area contributed by atoms with Gasteiger partial charge in [0, 0.05) is 6.07 Å². The van der Waals surface area contributed by atoms with Crippen LogP contribution in [0.5, 0.6) is 11.5 Å². The molecule has 2 aromatic carbocycles. The van der Waals surface area contributed by atoms with Crippen LogP contribution < -0.4 is 19.7 Å². The topological polar surface area (TPSA) is 67.9 Å². The number of imide groups is 1. The molecule has 0 radical (unpaired) electrons. The van der Waals surface area contributed by atoms with Gasteiger partial charge in [0.1, 0.15) is 17.5 Å². The fourth-order valence-corrected chi connectivity index (χ4v) is 2.92. The van der Waals surface area contributed by atoms with Gasteiger partial charge in [0.15, 0.2) is 0 Å². The first-order chi connectivity index (χ1) is 12.0. The maximum atomic E-state index is 12.8. The molecule has 1 N–H and O–H groups in total. The maximum absolute atomic E-state index is 12.8. The Morgan fingerprint density at radius 1 is 1.12 bits per heavy atom. The van der Waals surface area contributed by atoms with Gasteiger partial charge in [0.25, 0.3) is 5.91 Å². The molecule has 0 spiro atoms. The first-order valence-electron chi connectivity index (χ1n) is 7.65. The molecule has 6 nitrogen and oxygen atoms in total. The molecule has 1 unspecified atom stereocenters. The second-order valence-electron chi connectivity index (χ2n) is 5.49. The van der Waals surface area contributed by atoms with E-state index in [-0.39, 0.29) is 18.2 Å². The highest BCUT2D eigenvalue weighted by molar-refractivity contribution is 6.33. The van der Waals surface area contributed by atoms with Gasteiger partial charge in [0.2, 0.25) is 5.91 Å². The number of amides is 2. The summed E-state index contributed by atoms with van der Waals surface area (Å²) in [4.78, 5) is 26.3. The number of carbonyl (C=O) groups excluding carboxylic acids is 2. The Morgan fingerprint density at radius 2 is 1.88 bits per heavy atom. The summed E-state index contributed by atoms with van der Waals surface area (Å²) in [5, 5.41) is 3.53. The summed E-state index contributed by atoms with van der Waals surface area (Å²) in [7, 11) is 3.01. The molecule has 2 aromatic rings. The monoisotopic (exact) mass is 360 g/mol. The molecule has 1 heterocycles. The summed E-state index contributed by atoms with van der Waals surface area (Å²) in [6, 6.07) is 11.3. The number of nitrogens with one attached hydrogen (secondary N) is 1. The molecule has 1 aliphatic rings. The van der Waals surface area contributed by atoms with Crippen LogP contribution in [0.4, 0.5) is 11.4 Å². The summed E-state index contributed by atoms with van der Waals surface area (Å²) in [6.45, 7) is 0. The molecular formula is C18H17ClN2O4. The number of hydrogen-bond acceptors (Lipinski definition) is 5. The lowest BCUT2D eigenvalue weighted by atomic mass is 10.2. The number of benzene rings is 2. The highest BCUT2D eigenvalue weighted by Gasteiger charge is 2.41. The molecule has 25 heavy (non-hydrogen) atoms. The minimum atomic E-state index is -0.681. The molecule has 0 aliphatic carbocycles. The van der Waals surface area contributed by atoms with Gasteiger partial charge in [-0.2, -0.15) is 0 Å². The van der Waals surface area contributed by atoms with Crippen molar-refractivity contribution in [3.05, 3.63) is 47.5 Å². The van der Waals surface area contributed by atoms with Gasteiger partial charge in [-0.3, -0.25) is 9.59 Å². The second-order valence-corrected chi connectivity index (χ2v) is 5.89. The number of nitrogens with zero attached hydrogens (tertiary/aromatic N) is 1. The first kappa shape index (κ1) is 17.1. The minimum Gasteiger partial charge on any atom is -0.497 e. The summed E-state index contributed by atoms with van der Waals surface area (Å²) in [5.74, 6) is 0.302. The Bertz CT molecular complexity index is 824. The summed E-state index contributed by atoms with van der Waals surface area (Å²) in [6.07, 6.45) is 0.0409. The lowest BCUT2D eigenvalue weighted by Crippen LogP contribution is -2.35. The lowest BCUT2D eigenvalue weighted by molar-refractivity contribution is -0.121. The highest BCUT2D eigenvalue weighted by Crippen LogP contribution is 2.36. The Balaban J connectivity index is 1.88. The van der Waals surface area contributed by atoms with Crippen molar-refractivity contribution >= 4 is 34.8 Å². The van der Waals surface area contributed by atoms with Crippen molar-refractivity contribution in [2.75, 3.05) is 24.4 Å². The Labute approximate surface area is 150 Å². The van der Waals surface area contributed by atoms with Crippen LogP contribution in [0.25, 0.3) is 0 Å². The predicted octanol–water partition coefficient (Wildman–Crippen LogP) is 3.10. The number of para-hydroxylation sites is 1. The first-order valence-corrected chi connectivity index (χ1v) is 8.03. The highest BCUT2D eigenvalue weighted by atomic mass is 35.5. The van der Waals surface area contributed by atoms with Gasteiger partial charge in [-0.1, -0.05) is 23.7 Å². The SMILES string of the molecule is COc1ccc(N2C(=O)CC(Nc3ccccc3Cl)C2=O)c(OC)c1. The normalized spacial score (nSPS) is 16.9. The van der Waals surface area contributed by atoms with Crippen molar-refractivity contribution in [2.45, 2.75) is 12.5 Å². The van der Waals surface area contributed by atoms with Crippen molar-refractivity contribution in [3.63, 3.8) is 0 Å². The van der Waals surface area contributed by atoms with E-state index >= 15 is 0 Å². The van der Waals surface area contributed by atoms with Crippen LogP contribution in [0.15, 0.2) is 42.5 Å². The zero-order chi connectivity index (χ0) is 18.0. The number of rotatable bonds is 5. The third kappa shape index (κ3) is 3.25. The van der Waals surface area contributed by atoms with Crippen LogP contribution in [0.1, 0.15) is 6.42 Å². The largest absolute Gasteiger partial charge is 0.497 e. The van der Waals surface area contributed by atoms with E-state index in [0.717, 1.165) is 4.90 Å². The third-order valence-corrected chi connectivity index (χ3v) is 4.31. The fraction of sp³-hybridized carbons (Fsp3) is 0.222. The number of carbonyl (C=O) groups is 2. The van der Waals surface area contributed by atoms with Gasteiger partial charge in [0.05, 0.1) is 37.0 Å². The minimum absolute atomic E-state index is 0.0409. The van der Waals surface area contributed by atoms with Crippen LogP contribution in [0.2, 0.25) is 5.02 Å². The number of methoxy groups -OCH3 is 2. The van der Waals surface area contributed by atoms with E-state index in [1.165, 1.54) is 14.2 Å². The number of anilines is 2. The van der Waals surface area contributed by atoms with E-state index in [2.05, 4.69) is 5.32 Å². The van der Waals surface area contributed by atoms with E-state index in [1.54, 1.807) is 42.5 Å². The fourth-order valence-electron chi connectivity index (χ4n) is 2.73. The van der Waals surface area contributed by atoms with Crippen LogP contribution in [0.3, 0.4) is 0 Å². The van der Waals surface area contributed by atoms with Gasteiger partial charge in [-0.25, -0.2) is 4.90 Å². The van der Waals surface area contributed by atoms with Gasteiger partial charge >= 0.3 is 0 Å². The van der Waals surface area contributed by atoms with E-state index < -0.39 is 6.04 Å².